The number of carbonyl (C=O) groups excluding carboxylic acids is 1. The predicted molar refractivity (Wildman–Crippen MR) is 77.8 cm³/mol. The third-order valence-corrected chi connectivity index (χ3v) is 4.11. The molecule has 0 bridgehead atoms. The molecule has 1 saturated heterocycles. The molecule has 0 saturated carbocycles. The van der Waals surface area contributed by atoms with Crippen molar-refractivity contribution in [2.45, 2.75) is 45.6 Å². The van der Waals surface area contributed by atoms with Gasteiger partial charge in [0, 0.05) is 31.4 Å². The van der Waals surface area contributed by atoms with Gasteiger partial charge in [0.15, 0.2) is 0 Å². The van der Waals surface area contributed by atoms with Crippen LogP contribution in [0, 0.1) is 0 Å². The smallest absolute Gasteiger partial charge is 0.240 e. The minimum atomic E-state index is 0.274. The summed E-state index contributed by atoms with van der Waals surface area (Å²) in [5.74, 6) is 0.274. The number of amides is 1. The SMILES string of the molecule is CCCN(CC(=O)N(CC)C1=CCCC1)C1CNC1. The van der Waals surface area contributed by atoms with Crippen molar-refractivity contribution in [1.82, 2.24) is 15.1 Å². The average molecular weight is 265 g/mol. The van der Waals surface area contributed by atoms with E-state index in [1.54, 1.807) is 0 Å². The maximum absolute atomic E-state index is 12.5. The molecule has 0 unspecified atom stereocenters. The van der Waals surface area contributed by atoms with E-state index >= 15 is 0 Å². The summed E-state index contributed by atoms with van der Waals surface area (Å²) in [6.07, 6.45) is 6.74. The molecule has 1 aliphatic carbocycles. The van der Waals surface area contributed by atoms with Gasteiger partial charge in [-0.2, -0.15) is 0 Å². The molecular weight excluding hydrogens is 238 g/mol. The van der Waals surface area contributed by atoms with E-state index in [0.717, 1.165) is 45.4 Å². The first-order valence-electron chi connectivity index (χ1n) is 7.70. The summed E-state index contributed by atoms with van der Waals surface area (Å²) in [6.45, 7) is 8.71. The van der Waals surface area contributed by atoms with Gasteiger partial charge in [-0.3, -0.25) is 9.69 Å². The maximum atomic E-state index is 12.5. The Bertz CT molecular complexity index is 336. The van der Waals surface area contributed by atoms with E-state index in [2.05, 4.69) is 30.1 Å². The zero-order chi connectivity index (χ0) is 13.7. The zero-order valence-electron chi connectivity index (χ0n) is 12.3. The van der Waals surface area contributed by atoms with Crippen LogP contribution in [0.15, 0.2) is 11.8 Å². The second-order valence-corrected chi connectivity index (χ2v) is 5.51. The minimum absolute atomic E-state index is 0.274. The van der Waals surface area contributed by atoms with Gasteiger partial charge in [0.25, 0.3) is 0 Å². The molecule has 0 atom stereocenters. The number of rotatable bonds is 7. The van der Waals surface area contributed by atoms with E-state index in [0.29, 0.717) is 12.6 Å². The summed E-state index contributed by atoms with van der Waals surface area (Å²) in [7, 11) is 0. The Morgan fingerprint density at radius 2 is 2.21 bits per heavy atom. The molecule has 0 spiro atoms. The minimum Gasteiger partial charge on any atom is -0.316 e. The van der Waals surface area contributed by atoms with Crippen molar-refractivity contribution in [3.05, 3.63) is 11.8 Å². The third-order valence-electron chi connectivity index (χ3n) is 4.11. The molecule has 2 aliphatic rings. The van der Waals surface area contributed by atoms with Crippen LogP contribution >= 0.6 is 0 Å². The summed E-state index contributed by atoms with van der Waals surface area (Å²) in [5.41, 5.74) is 1.25. The van der Waals surface area contributed by atoms with E-state index < -0.39 is 0 Å². The average Bonchev–Trinajstić information content (AvgIpc) is 2.81. The Morgan fingerprint density at radius 3 is 2.68 bits per heavy atom. The highest BCUT2D eigenvalue weighted by Crippen LogP contribution is 2.21. The van der Waals surface area contributed by atoms with E-state index in [1.807, 2.05) is 4.90 Å². The molecule has 4 nitrogen and oxygen atoms in total. The van der Waals surface area contributed by atoms with Crippen LogP contribution in [0.5, 0.6) is 0 Å². The van der Waals surface area contributed by atoms with Crippen LogP contribution in [0.4, 0.5) is 0 Å². The molecule has 4 heteroatoms. The highest BCUT2D eigenvalue weighted by molar-refractivity contribution is 5.80. The van der Waals surface area contributed by atoms with E-state index in [1.165, 1.54) is 12.1 Å². The molecule has 2 rings (SSSR count). The predicted octanol–water partition coefficient (Wildman–Crippen LogP) is 1.59. The van der Waals surface area contributed by atoms with Crippen molar-refractivity contribution in [2.75, 3.05) is 32.7 Å². The number of hydrogen-bond donors (Lipinski definition) is 1. The summed E-state index contributed by atoms with van der Waals surface area (Å²) in [5, 5.41) is 3.29. The molecule has 1 heterocycles. The van der Waals surface area contributed by atoms with Crippen LogP contribution < -0.4 is 5.32 Å². The molecule has 19 heavy (non-hydrogen) atoms. The summed E-state index contributed by atoms with van der Waals surface area (Å²) >= 11 is 0. The van der Waals surface area contributed by atoms with Crippen molar-refractivity contribution in [1.29, 1.82) is 0 Å². The molecule has 0 radical (unpaired) electrons. The van der Waals surface area contributed by atoms with Gasteiger partial charge in [-0.15, -0.1) is 0 Å². The molecule has 1 amide bonds. The van der Waals surface area contributed by atoms with Crippen LogP contribution in [0.2, 0.25) is 0 Å². The standard InChI is InChI=1S/C15H27N3O/c1-3-9-17(14-10-16-11-14)12-15(19)18(4-2)13-7-5-6-8-13/h7,14,16H,3-6,8-12H2,1-2H3. The van der Waals surface area contributed by atoms with Gasteiger partial charge in [-0.1, -0.05) is 13.0 Å². The van der Waals surface area contributed by atoms with Crippen molar-refractivity contribution in [3.8, 4) is 0 Å². The summed E-state index contributed by atoms with van der Waals surface area (Å²) in [6, 6.07) is 0.556. The van der Waals surface area contributed by atoms with E-state index in [-0.39, 0.29) is 5.91 Å². The monoisotopic (exact) mass is 265 g/mol. The lowest BCUT2D eigenvalue weighted by atomic mass is 10.1. The van der Waals surface area contributed by atoms with Crippen LogP contribution in [0.3, 0.4) is 0 Å². The largest absolute Gasteiger partial charge is 0.316 e. The van der Waals surface area contributed by atoms with Crippen molar-refractivity contribution in [3.63, 3.8) is 0 Å². The molecular formula is C15H27N3O. The number of carbonyl (C=O) groups is 1. The first-order chi connectivity index (χ1) is 9.26. The van der Waals surface area contributed by atoms with Gasteiger partial charge in [0.2, 0.25) is 5.91 Å². The number of nitrogens with one attached hydrogen (secondary N) is 1. The lowest BCUT2D eigenvalue weighted by Crippen LogP contribution is -2.59. The van der Waals surface area contributed by atoms with E-state index in [9.17, 15) is 4.79 Å². The van der Waals surface area contributed by atoms with Crippen LogP contribution in [-0.4, -0.2) is 54.5 Å². The Kier molecular flexibility index (Phi) is 5.40. The fourth-order valence-electron chi connectivity index (χ4n) is 2.91. The van der Waals surface area contributed by atoms with Crippen molar-refractivity contribution < 1.29 is 4.79 Å². The summed E-state index contributed by atoms with van der Waals surface area (Å²) in [4.78, 5) is 16.8. The maximum Gasteiger partial charge on any atom is 0.240 e. The van der Waals surface area contributed by atoms with Crippen LogP contribution in [-0.2, 0) is 4.79 Å². The molecule has 0 aromatic heterocycles. The molecule has 1 aliphatic heterocycles. The van der Waals surface area contributed by atoms with Gasteiger partial charge in [-0.25, -0.2) is 0 Å². The Labute approximate surface area is 116 Å². The topological polar surface area (TPSA) is 35.6 Å². The highest BCUT2D eigenvalue weighted by Gasteiger charge is 2.27. The van der Waals surface area contributed by atoms with Crippen LogP contribution in [0.25, 0.3) is 0 Å². The van der Waals surface area contributed by atoms with Gasteiger partial charge < -0.3 is 10.2 Å². The number of allylic oxidation sites excluding steroid dienone is 2. The lowest BCUT2D eigenvalue weighted by molar-refractivity contribution is -0.131. The van der Waals surface area contributed by atoms with Gasteiger partial charge in [0.1, 0.15) is 0 Å². The number of nitrogens with zero attached hydrogens (tertiary/aromatic N) is 2. The quantitative estimate of drug-likeness (QED) is 0.759. The molecule has 0 aromatic carbocycles. The summed E-state index contributed by atoms with van der Waals surface area (Å²) < 4.78 is 0. The second-order valence-electron chi connectivity index (χ2n) is 5.51. The van der Waals surface area contributed by atoms with Crippen molar-refractivity contribution in [2.24, 2.45) is 0 Å². The number of likely N-dealkylation sites (N-methyl/N-ethyl adjacent to an activating group) is 1. The van der Waals surface area contributed by atoms with Crippen molar-refractivity contribution >= 4 is 5.91 Å². The molecule has 108 valence electrons. The fraction of sp³-hybridized carbons (Fsp3) is 0.800. The molecule has 1 fully saturated rings. The van der Waals surface area contributed by atoms with E-state index in [4.69, 9.17) is 0 Å². The molecule has 1 N–H and O–H groups in total. The third kappa shape index (κ3) is 3.57. The Hall–Kier alpha value is -0.870. The van der Waals surface area contributed by atoms with Crippen LogP contribution in [0.1, 0.15) is 39.5 Å². The van der Waals surface area contributed by atoms with Gasteiger partial charge in [-0.05, 0) is 39.2 Å². The molecule has 0 aromatic rings. The first-order valence-corrected chi connectivity index (χ1v) is 7.70. The number of hydrogen-bond acceptors (Lipinski definition) is 3. The zero-order valence-corrected chi connectivity index (χ0v) is 12.3. The first kappa shape index (κ1) is 14.5. The lowest BCUT2D eigenvalue weighted by Gasteiger charge is -2.38. The normalized spacial score (nSPS) is 19.4. The fourth-order valence-corrected chi connectivity index (χ4v) is 2.91. The second kappa shape index (κ2) is 7.06. The Balaban J connectivity index is 1.92. The van der Waals surface area contributed by atoms with Gasteiger partial charge >= 0.3 is 0 Å². The van der Waals surface area contributed by atoms with Gasteiger partial charge in [0.05, 0.1) is 6.54 Å². The Morgan fingerprint density at radius 1 is 1.42 bits per heavy atom. The highest BCUT2D eigenvalue weighted by atomic mass is 16.2.